The van der Waals surface area contributed by atoms with Crippen LogP contribution in [0.25, 0.3) is 0 Å². The van der Waals surface area contributed by atoms with E-state index in [9.17, 15) is 18.0 Å². The summed E-state index contributed by atoms with van der Waals surface area (Å²) in [6, 6.07) is 31.3. The van der Waals surface area contributed by atoms with Crippen LogP contribution in [0.3, 0.4) is 0 Å². The van der Waals surface area contributed by atoms with Crippen molar-refractivity contribution >= 4 is 37.6 Å². The van der Waals surface area contributed by atoms with E-state index in [1.807, 2.05) is 80.6 Å². The van der Waals surface area contributed by atoms with Crippen molar-refractivity contribution in [2.45, 2.75) is 42.8 Å². The number of hydrogen-bond donors (Lipinski definition) is 1. The Morgan fingerprint density at radius 1 is 0.756 bits per heavy atom. The molecule has 1 amide bonds. The number of hydrogen-bond acceptors (Lipinski definition) is 4. The summed E-state index contributed by atoms with van der Waals surface area (Å²) < 4.78 is 31.3. The number of Topliss-reactive ketones (excluding diaryl/α,β-unsaturated/α-hetero) is 1. The van der Waals surface area contributed by atoms with Crippen molar-refractivity contribution in [1.82, 2.24) is 9.62 Å². The van der Waals surface area contributed by atoms with E-state index in [-0.39, 0.29) is 16.7 Å². The molecule has 0 radical (unpaired) electrons. The SMILES string of the molecule is CC(C)NC(=O)C1C(c2ccccc2)C(C(=O)c2ccccc2)C(c2ccccc2)N1S(=O)(=O)c1ccc(Br)cc1. The first-order chi connectivity index (χ1) is 19.7. The van der Waals surface area contributed by atoms with Gasteiger partial charge >= 0.3 is 0 Å². The highest BCUT2D eigenvalue weighted by Crippen LogP contribution is 2.53. The molecule has 0 aromatic heterocycles. The Kier molecular flexibility index (Phi) is 8.54. The molecular weight excluding hydrogens is 600 g/mol. The van der Waals surface area contributed by atoms with Gasteiger partial charge in [0.05, 0.1) is 16.9 Å². The monoisotopic (exact) mass is 630 g/mol. The van der Waals surface area contributed by atoms with Crippen LogP contribution in [0.1, 0.15) is 47.3 Å². The number of nitrogens with one attached hydrogen (secondary N) is 1. The van der Waals surface area contributed by atoms with Gasteiger partial charge in [-0.25, -0.2) is 8.42 Å². The van der Waals surface area contributed by atoms with Crippen molar-refractivity contribution in [1.29, 1.82) is 0 Å². The van der Waals surface area contributed by atoms with E-state index in [0.29, 0.717) is 11.1 Å². The van der Waals surface area contributed by atoms with Gasteiger partial charge in [0.15, 0.2) is 5.78 Å². The molecule has 1 N–H and O–H groups in total. The number of nitrogens with zero attached hydrogens (tertiary/aromatic N) is 1. The van der Waals surface area contributed by atoms with E-state index in [1.165, 1.54) is 16.4 Å². The number of carbonyl (C=O) groups is 2. The summed E-state index contributed by atoms with van der Waals surface area (Å²) in [5.41, 5.74) is 1.83. The van der Waals surface area contributed by atoms with Gasteiger partial charge in [-0.05, 0) is 49.2 Å². The van der Waals surface area contributed by atoms with Crippen molar-refractivity contribution in [2.75, 3.05) is 0 Å². The second kappa shape index (κ2) is 12.1. The van der Waals surface area contributed by atoms with Gasteiger partial charge in [-0.2, -0.15) is 4.31 Å². The summed E-state index contributed by atoms with van der Waals surface area (Å²) in [4.78, 5) is 28.7. The lowest BCUT2D eigenvalue weighted by Gasteiger charge is -2.31. The number of benzene rings is 4. The number of carbonyl (C=O) groups excluding carboxylic acids is 2. The molecule has 6 nitrogen and oxygen atoms in total. The minimum Gasteiger partial charge on any atom is -0.353 e. The topological polar surface area (TPSA) is 83.6 Å². The van der Waals surface area contributed by atoms with E-state index >= 15 is 0 Å². The molecule has 1 aliphatic rings. The standard InChI is InChI=1S/C33H31BrN2O4S/c1-22(2)35-33(38)31-28(23-12-6-3-7-13-23)29(32(37)25-16-10-5-11-17-25)30(24-14-8-4-9-15-24)36(31)41(39,40)27-20-18-26(34)19-21-27/h3-22,28-31H,1-2H3,(H,35,38). The second-order valence-electron chi connectivity index (χ2n) is 10.4. The highest BCUT2D eigenvalue weighted by molar-refractivity contribution is 9.10. The Morgan fingerprint density at radius 3 is 1.80 bits per heavy atom. The normalized spacial score (nSPS) is 21.1. The fourth-order valence-electron chi connectivity index (χ4n) is 5.73. The zero-order valence-corrected chi connectivity index (χ0v) is 25.1. The molecule has 210 valence electrons. The first kappa shape index (κ1) is 28.9. The van der Waals surface area contributed by atoms with Gasteiger partial charge in [0.25, 0.3) is 0 Å². The first-order valence-electron chi connectivity index (χ1n) is 13.5. The molecule has 4 aromatic rings. The lowest BCUT2D eigenvalue weighted by Crippen LogP contribution is -2.50. The Balaban J connectivity index is 1.82. The zero-order valence-electron chi connectivity index (χ0n) is 22.7. The minimum absolute atomic E-state index is 0.0450. The largest absolute Gasteiger partial charge is 0.353 e. The maximum absolute atomic E-state index is 14.6. The smallest absolute Gasteiger partial charge is 0.244 e. The van der Waals surface area contributed by atoms with Crippen LogP contribution in [0.15, 0.2) is 125 Å². The Bertz CT molecular complexity index is 1610. The number of ketones is 1. The van der Waals surface area contributed by atoms with Crippen molar-refractivity contribution in [3.8, 4) is 0 Å². The number of sulfonamides is 1. The van der Waals surface area contributed by atoms with E-state index in [1.54, 1.807) is 36.4 Å². The number of halogens is 1. The maximum Gasteiger partial charge on any atom is 0.244 e. The molecule has 4 aromatic carbocycles. The van der Waals surface area contributed by atoms with Gasteiger partial charge in [0.1, 0.15) is 6.04 Å². The van der Waals surface area contributed by atoms with Gasteiger partial charge in [0, 0.05) is 22.0 Å². The zero-order chi connectivity index (χ0) is 29.1. The molecule has 0 bridgehead atoms. The third kappa shape index (κ3) is 5.77. The van der Waals surface area contributed by atoms with Crippen LogP contribution in [0, 0.1) is 5.92 Å². The van der Waals surface area contributed by atoms with Crippen LogP contribution in [0.4, 0.5) is 0 Å². The molecule has 1 aliphatic heterocycles. The minimum atomic E-state index is -4.27. The fourth-order valence-corrected chi connectivity index (χ4v) is 7.79. The summed E-state index contributed by atoms with van der Waals surface area (Å²) in [5.74, 6) is -2.29. The van der Waals surface area contributed by atoms with E-state index in [2.05, 4.69) is 21.2 Å². The van der Waals surface area contributed by atoms with Crippen molar-refractivity contribution in [3.63, 3.8) is 0 Å². The Labute approximate surface area is 249 Å². The van der Waals surface area contributed by atoms with E-state index in [0.717, 1.165) is 10.0 Å². The van der Waals surface area contributed by atoms with E-state index < -0.39 is 39.8 Å². The van der Waals surface area contributed by atoms with Gasteiger partial charge < -0.3 is 5.32 Å². The summed E-state index contributed by atoms with van der Waals surface area (Å²) >= 11 is 3.38. The first-order valence-corrected chi connectivity index (χ1v) is 15.7. The van der Waals surface area contributed by atoms with Crippen LogP contribution in [-0.2, 0) is 14.8 Å². The van der Waals surface area contributed by atoms with Gasteiger partial charge in [-0.1, -0.05) is 107 Å². The molecule has 5 rings (SSSR count). The molecule has 0 spiro atoms. The molecule has 0 saturated carbocycles. The second-order valence-corrected chi connectivity index (χ2v) is 13.2. The van der Waals surface area contributed by atoms with Crippen LogP contribution in [-0.4, -0.2) is 36.5 Å². The van der Waals surface area contributed by atoms with Crippen molar-refractivity contribution in [2.24, 2.45) is 5.92 Å². The lowest BCUT2D eigenvalue weighted by molar-refractivity contribution is -0.125. The van der Waals surface area contributed by atoms with Crippen molar-refractivity contribution in [3.05, 3.63) is 136 Å². The third-order valence-corrected chi connectivity index (χ3v) is 9.80. The predicted molar refractivity (Wildman–Crippen MR) is 163 cm³/mol. The van der Waals surface area contributed by atoms with Crippen LogP contribution in [0.2, 0.25) is 0 Å². The van der Waals surface area contributed by atoms with Gasteiger partial charge in [0.2, 0.25) is 15.9 Å². The molecular formula is C33H31BrN2O4S. The average Bonchev–Trinajstić information content (AvgIpc) is 3.35. The molecule has 1 heterocycles. The van der Waals surface area contributed by atoms with Crippen LogP contribution < -0.4 is 5.32 Å². The molecule has 4 unspecified atom stereocenters. The Hall–Kier alpha value is -3.59. The summed E-state index contributed by atoms with van der Waals surface area (Å²) in [5, 5.41) is 2.95. The molecule has 41 heavy (non-hydrogen) atoms. The predicted octanol–water partition coefficient (Wildman–Crippen LogP) is 6.37. The summed E-state index contributed by atoms with van der Waals surface area (Å²) in [6.45, 7) is 3.67. The highest BCUT2D eigenvalue weighted by atomic mass is 79.9. The summed E-state index contributed by atoms with van der Waals surface area (Å²) in [6.07, 6.45) is 0. The molecule has 8 heteroatoms. The lowest BCUT2D eigenvalue weighted by atomic mass is 9.76. The van der Waals surface area contributed by atoms with E-state index in [4.69, 9.17) is 0 Å². The van der Waals surface area contributed by atoms with Crippen LogP contribution >= 0.6 is 15.9 Å². The average molecular weight is 632 g/mol. The third-order valence-electron chi connectivity index (χ3n) is 7.39. The quantitative estimate of drug-likeness (QED) is 0.229. The number of rotatable bonds is 8. The number of amides is 1. The highest BCUT2D eigenvalue weighted by Gasteiger charge is 2.59. The molecule has 1 saturated heterocycles. The maximum atomic E-state index is 14.6. The van der Waals surface area contributed by atoms with Gasteiger partial charge in [-0.15, -0.1) is 0 Å². The van der Waals surface area contributed by atoms with Crippen molar-refractivity contribution < 1.29 is 18.0 Å². The van der Waals surface area contributed by atoms with Gasteiger partial charge in [-0.3, -0.25) is 9.59 Å². The fraction of sp³-hybridized carbons (Fsp3) is 0.212. The Morgan fingerprint density at radius 2 is 1.27 bits per heavy atom. The van der Waals surface area contributed by atoms with Crippen LogP contribution in [0.5, 0.6) is 0 Å². The summed E-state index contributed by atoms with van der Waals surface area (Å²) in [7, 11) is -4.27. The molecule has 4 atom stereocenters. The molecule has 1 fully saturated rings. The molecule has 0 aliphatic carbocycles.